The number of carbonyl (C=O) groups excluding carboxylic acids is 3. The van der Waals surface area contributed by atoms with Crippen LogP contribution in [0.2, 0.25) is 0 Å². The molecule has 0 spiro atoms. The van der Waals surface area contributed by atoms with Crippen molar-refractivity contribution in [2.45, 2.75) is 21.9 Å². The van der Waals surface area contributed by atoms with Crippen LogP contribution in [0.1, 0.15) is 12.1 Å². The quantitative estimate of drug-likeness (QED) is 0.0855. The average molecular weight is 566 g/mol. The first-order valence-corrected chi connectivity index (χ1v) is 13.7. The fraction of sp³-hybridized carbons (Fsp3) is 0.333. The Kier molecular flexibility index (Phi) is 8.52. The lowest BCUT2D eigenvalue weighted by molar-refractivity contribution is -0.635. The molecular weight excluding hydrogens is 542 g/mol. The van der Waals surface area contributed by atoms with Crippen molar-refractivity contribution in [1.29, 1.82) is 0 Å². The molecule has 4 rings (SSSR count). The molecule has 1 saturated heterocycles. The van der Waals surface area contributed by atoms with Crippen molar-refractivity contribution in [3.05, 3.63) is 41.2 Å². The van der Waals surface area contributed by atoms with Gasteiger partial charge in [-0.3, -0.25) is 15.1 Å². The molecule has 2 atom stereocenters. The van der Waals surface area contributed by atoms with Crippen LogP contribution in [0.3, 0.4) is 0 Å². The average Bonchev–Trinajstić information content (AvgIpc) is 3.29. The lowest BCUT2D eigenvalue weighted by atomic mass is 10.1. The molecule has 2 aromatic heterocycles. The van der Waals surface area contributed by atoms with Gasteiger partial charge in [0, 0.05) is 27.3 Å². The van der Waals surface area contributed by atoms with E-state index in [1.165, 1.54) is 35.5 Å². The van der Waals surface area contributed by atoms with E-state index in [9.17, 15) is 24.6 Å². The van der Waals surface area contributed by atoms with Gasteiger partial charge in [-0.2, -0.15) is 0 Å². The zero-order valence-corrected chi connectivity index (χ0v) is 21.9. The SMILES string of the molecule is CON=C(C(=O)Nc1cc(SCC2C=C(C(=O)[O-])N3C(=O)C[C@@H]3S2)cc[n+]1NCCO)c1csc(N)n1. The largest absolute Gasteiger partial charge is 0.543 e. The van der Waals surface area contributed by atoms with Crippen molar-refractivity contribution in [3.63, 3.8) is 0 Å². The number of rotatable bonds is 11. The molecule has 2 aromatic rings. The molecule has 2 amide bonds. The van der Waals surface area contributed by atoms with Gasteiger partial charge < -0.3 is 25.6 Å². The lowest BCUT2D eigenvalue weighted by Crippen LogP contribution is -2.56. The van der Waals surface area contributed by atoms with E-state index in [1.54, 1.807) is 28.4 Å². The van der Waals surface area contributed by atoms with Crippen LogP contribution in [0.25, 0.3) is 0 Å². The number of aliphatic carboxylic acids is 1. The van der Waals surface area contributed by atoms with Gasteiger partial charge in [0.05, 0.1) is 36.6 Å². The van der Waals surface area contributed by atoms with Crippen molar-refractivity contribution in [2.75, 3.05) is 42.5 Å². The van der Waals surface area contributed by atoms with E-state index in [0.717, 1.165) is 16.2 Å². The summed E-state index contributed by atoms with van der Waals surface area (Å²) in [4.78, 5) is 47.3. The summed E-state index contributed by atoms with van der Waals surface area (Å²) in [6, 6.07) is 3.54. The zero-order valence-electron chi connectivity index (χ0n) is 19.4. The second-order valence-electron chi connectivity index (χ2n) is 7.64. The molecule has 16 heteroatoms. The Morgan fingerprint density at radius 3 is 2.95 bits per heavy atom. The Labute approximate surface area is 223 Å². The summed E-state index contributed by atoms with van der Waals surface area (Å²) in [7, 11) is 1.31. The predicted molar refractivity (Wildman–Crippen MR) is 137 cm³/mol. The Hall–Kier alpha value is -3.34. The van der Waals surface area contributed by atoms with Crippen LogP contribution >= 0.6 is 34.9 Å². The summed E-state index contributed by atoms with van der Waals surface area (Å²) >= 11 is 4.13. The monoisotopic (exact) mass is 565 g/mol. The molecule has 37 heavy (non-hydrogen) atoms. The molecule has 0 aromatic carbocycles. The number of aliphatic hydroxyl groups excluding tert-OH is 1. The van der Waals surface area contributed by atoms with Gasteiger partial charge in [-0.1, -0.05) is 5.16 Å². The van der Waals surface area contributed by atoms with Crippen molar-refractivity contribution < 1.29 is 34.1 Å². The molecule has 0 bridgehead atoms. The number of aromatic nitrogens is 2. The summed E-state index contributed by atoms with van der Waals surface area (Å²) in [6.07, 6.45) is 3.52. The predicted octanol–water partition coefficient (Wildman–Crippen LogP) is -1.06. The van der Waals surface area contributed by atoms with Crippen LogP contribution in [0.15, 0.2) is 45.5 Å². The third kappa shape index (κ3) is 6.15. The smallest absolute Gasteiger partial charge is 0.363 e. The summed E-state index contributed by atoms with van der Waals surface area (Å²) in [5.41, 5.74) is 8.76. The van der Waals surface area contributed by atoms with E-state index in [-0.39, 0.29) is 51.9 Å². The first-order chi connectivity index (χ1) is 17.8. The highest BCUT2D eigenvalue weighted by Gasteiger charge is 2.43. The third-order valence-electron chi connectivity index (χ3n) is 5.19. The highest BCUT2D eigenvalue weighted by atomic mass is 32.2. The van der Waals surface area contributed by atoms with Crippen molar-refractivity contribution in [1.82, 2.24) is 9.88 Å². The van der Waals surface area contributed by atoms with Gasteiger partial charge in [0.1, 0.15) is 19.0 Å². The minimum absolute atomic E-state index is 0.0691. The van der Waals surface area contributed by atoms with Gasteiger partial charge in [-0.05, 0) is 12.1 Å². The molecule has 1 unspecified atom stereocenters. The van der Waals surface area contributed by atoms with Crippen LogP contribution in [-0.4, -0.2) is 75.1 Å². The molecular formula is C21H23N7O6S3. The number of carboxylic acids is 1. The van der Waals surface area contributed by atoms with Gasteiger partial charge in [0.15, 0.2) is 5.13 Å². The van der Waals surface area contributed by atoms with Crippen molar-refractivity contribution in [3.8, 4) is 0 Å². The number of amides is 2. The molecule has 4 heterocycles. The number of hydrogen-bond donors (Lipinski definition) is 4. The number of thioether (sulfide) groups is 2. The van der Waals surface area contributed by atoms with Gasteiger partial charge >= 0.3 is 11.7 Å². The number of thiazole rings is 1. The number of carboxylic acid groups (broad SMARTS) is 1. The maximum absolute atomic E-state index is 13.1. The second-order valence-corrected chi connectivity index (χ2v) is 11.0. The Morgan fingerprint density at radius 2 is 2.30 bits per heavy atom. The number of nitrogens with one attached hydrogen (secondary N) is 2. The van der Waals surface area contributed by atoms with Crippen molar-refractivity contribution in [2.24, 2.45) is 5.16 Å². The maximum Gasteiger partial charge on any atom is 0.363 e. The van der Waals surface area contributed by atoms with Crippen LogP contribution in [0.5, 0.6) is 0 Å². The second kappa shape index (κ2) is 11.8. The number of nitrogens with zero attached hydrogens (tertiary/aromatic N) is 4. The fourth-order valence-corrected chi connectivity index (χ4v) is 6.63. The number of hydrogen-bond acceptors (Lipinski definition) is 13. The molecule has 5 N–H and O–H groups in total. The van der Waals surface area contributed by atoms with E-state index in [2.05, 4.69) is 20.9 Å². The molecule has 2 aliphatic heterocycles. The molecule has 196 valence electrons. The van der Waals surface area contributed by atoms with Crippen LogP contribution in [0.4, 0.5) is 10.9 Å². The topological polar surface area (TPSA) is 186 Å². The first-order valence-electron chi connectivity index (χ1n) is 10.9. The number of carbonyl (C=O) groups is 3. The molecule has 0 saturated carbocycles. The van der Waals surface area contributed by atoms with E-state index >= 15 is 0 Å². The number of β-lactam (4-membered cyclic amide) rings is 1. The summed E-state index contributed by atoms with van der Waals surface area (Å²) < 4.78 is 1.54. The number of oxime groups is 1. The highest BCUT2D eigenvalue weighted by Crippen LogP contribution is 2.41. The molecule has 0 aliphatic carbocycles. The van der Waals surface area contributed by atoms with Gasteiger partial charge in [0.2, 0.25) is 11.6 Å². The number of nitrogens with two attached hydrogens (primary N) is 1. The number of aliphatic hydroxyl groups is 1. The Bertz CT molecular complexity index is 1270. The Morgan fingerprint density at radius 1 is 1.49 bits per heavy atom. The zero-order chi connectivity index (χ0) is 26.5. The fourth-order valence-electron chi connectivity index (χ4n) is 3.56. The Balaban J connectivity index is 1.51. The number of nitrogen functional groups attached to an aromatic ring is 1. The summed E-state index contributed by atoms with van der Waals surface area (Å²) in [5.74, 6) is -1.30. The minimum atomic E-state index is -1.37. The van der Waals surface area contributed by atoms with E-state index in [0.29, 0.717) is 18.0 Å². The molecule has 13 nitrogen and oxygen atoms in total. The molecule has 0 radical (unpaired) electrons. The standard InChI is InChI=1S/C21H23N7O6S3/c1-34-26-18(13-10-36-21(22)24-13)19(31)25-15-7-11(2-4-27(15)23-3-5-29)35-9-12-6-14(20(32)33)28-16(30)8-17(28)37-12/h2,4,6-7,10,12,17,23,29H,3,5,8-9H2,1H3,(H3,22,24,32,33)/t12?,17-/m0/s1. The highest BCUT2D eigenvalue weighted by molar-refractivity contribution is 8.03. The molecule has 2 aliphatic rings. The van der Waals surface area contributed by atoms with Crippen LogP contribution in [-0.2, 0) is 19.2 Å². The first kappa shape index (κ1) is 26.7. The minimum Gasteiger partial charge on any atom is -0.543 e. The number of fused-ring (bicyclic) bond motifs is 1. The third-order valence-corrected chi connectivity index (χ3v) is 8.53. The van der Waals surface area contributed by atoms with Crippen LogP contribution < -0.4 is 26.3 Å². The number of pyridine rings is 1. The van der Waals surface area contributed by atoms with Crippen LogP contribution in [0, 0.1) is 0 Å². The van der Waals surface area contributed by atoms with Crippen molar-refractivity contribution >= 4 is 69.3 Å². The summed E-state index contributed by atoms with van der Waals surface area (Å²) in [6.45, 7) is 0.103. The maximum atomic E-state index is 13.1. The van der Waals surface area contributed by atoms with E-state index in [1.807, 2.05) is 6.07 Å². The summed E-state index contributed by atoms with van der Waals surface area (Å²) in [5, 5.41) is 28.8. The van der Waals surface area contributed by atoms with Gasteiger partial charge in [-0.15, -0.1) is 39.5 Å². The lowest BCUT2D eigenvalue weighted by Gasteiger charge is -2.46. The van der Waals surface area contributed by atoms with Gasteiger partial charge in [0.25, 0.3) is 0 Å². The normalized spacial score (nSPS) is 19.0. The van der Waals surface area contributed by atoms with Gasteiger partial charge in [-0.25, -0.2) is 15.1 Å². The number of anilines is 2. The van der Waals surface area contributed by atoms with E-state index in [4.69, 9.17) is 10.6 Å². The van der Waals surface area contributed by atoms with E-state index < -0.39 is 11.9 Å². The molecule has 1 fully saturated rings.